The topological polar surface area (TPSA) is 64.4 Å². The zero-order chi connectivity index (χ0) is 19.0. The standard InChI is InChI=1S/C22H28N2O3/c1-13(20-10-16-7-8-17(20)9-16)23-22(25)18-5-4-6-19(11-18)26-12-21-14(2)24-27-15(21)3/h4-6,11,13,16-17,20H,7-10,12H2,1-3H3,(H,23,25)/t13-,16+,17+,20+/m1/s1. The number of nitrogens with one attached hydrogen (secondary N) is 1. The number of aromatic nitrogens is 1. The molecule has 2 aliphatic carbocycles. The molecule has 0 aliphatic heterocycles. The Bertz CT molecular complexity index is 809. The molecule has 1 aromatic carbocycles. The second kappa shape index (κ2) is 7.37. The number of carbonyl (C=O) groups is 1. The number of nitrogens with zero attached hydrogens (tertiary/aromatic N) is 1. The van der Waals surface area contributed by atoms with Crippen LogP contribution in [0.15, 0.2) is 28.8 Å². The van der Waals surface area contributed by atoms with Gasteiger partial charge in [0.2, 0.25) is 0 Å². The van der Waals surface area contributed by atoms with Crippen LogP contribution in [-0.2, 0) is 6.61 Å². The monoisotopic (exact) mass is 368 g/mol. The molecule has 4 atom stereocenters. The van der Waals surface area contributed by atoms with E-state index in [0.717, 1.165) is 28.9 Å². The normalized spacial score (nSPS) is 24.8. The van der Waals surface area contributed by atoms with Crippen molar-refractivity contribution in [2.24, 2.45) is 17.8 Å². The first-order chi connectivity index (χ1) is 13.0. The molecule has 5 nitrogen and oxygen atoms in total. The van der Waals surface area contributed by atoms with Crippen LogP contribution in [0.5, 0.6) is 5.75 Å². The van der Waals surface area contributed by atoms with Crippen LogP contribution in [0.2, 0.25) is 0 Å². The summed E-state index contributed by atoms with van der Waals surface area (Å²) in [5, 5.41) is 7.16. The van der Waals surface area contributed by atoms with Gasteiger partial charge in [-0.05, 0) is 76.0 Å². The Kier molecular flexibility index (Phi) is 4.94. The Balaban J connectivity index is 1.37. The molecule has 2 saturated carbocycles. The van der Waals surface area contributed by atoms with Crippen LogP contribution in [-0.4, -0.2) is 17.1 Å². The van der Waals surface area contributed by atoms with Gasteiger partial charge in [-0.3, -0.25) is 4.79 Å². The number of aryl methyl sites for hydroxylation is 2. The first kappa shape index (κ1) is 18.1. The molecule has 0 unspecified atom stereocenters. The summed E-state index contributed by atoms with van der Waals surface area (Å²) >= 11 is 0. The van der Waals surface area contributed by atoms with Crippen molar-refractivity contribution in [2.45, 2.75) is 59.1 Å². The minimum atomic E-state index is -0.0203. The fraction of sp³-hybridized carbons (Fsp3) is 0.545. The lowest BCUT2D eigenvalue weighted by molar-refractivity contribution is 0.0914. The molecule has 2 aromatic rings. The van der Waals surface area contributed by atoms with E-state index in [1.807, 2.05) is 32.0 Å². The third kappa shape index (κ3) is 3.73. The molecule has 1 amide bonds. The Morgan fingerprint density at radius 3 is 2.85 bits per heavy atom. The van der Waals surface area contributed by atoms with Crippen LogP contribution in [0.25, 0.3) is 0 Å². The van der Waals surface area contributed by atoms with Crippen LogP contribution >= 0.6 is 0 Å². The van der Waals surface area contributed by atoms with Crippen LogP contribution < -0.4 is 10.1 Å². The van der Waals surface area contributed by atoms with Crippen molar-refractivity contribution in [2.75, 3.05) is 0 Å². The average molecular weight is 368 g/mol. The highest BCUT2D eigenvalue weighted by molar-refractivity contribution is 5.94. The van der Waals surface area contributed by atoms with Crippen molar-refractivity contribution < 1.29 is 14.1 Å². The Morgan fingerprint density at radius 1 is 1.33 bits per heavy atom. The Hall–Kier alpha value is -2.30. The lowest BCUT2D eigenvalue weighted by Gasteiger charge is -2.28. The Labute approximate surface area is 160 Å². The van der Waals surface area contributed by atoms with Gasteiger partial charge in [0.05, 0.1) is 11.3 Å². The van der Waals surface area contributed by atoms with Gasteiger partial charge in [-0.25, -0.2) is 0 Å². The molecule has 5 heteroatoms. The quantitative estimate of drug-likeness (QED) is 0.819. The van der Waals surface area contributed by atoms with Gasteiger partial charge in [0.1, 0.15) is 18.1 Å². The number of hydrogen-bond donors (Lipinski definition) is 1. The van der Waals surface area contributed by atoms with Crippen LogP contribution in [0.3, 0.4) is 0 Å². The van der Waals surface area contributed by atoms with Gasteiger partial charge in [0, 0.05) is 11.6 Å². The lowest BCUT2D eigenvalue weighted by Crippen LogP contribution is -2.40. The van der Waals surface area contributed by atoms with E-state index in [1.54, 1.807) is 6.07 Å². The summed E-state index contributed by atoms with van der Waals surface area (Å²) in [7, 11) is 0. The van der Waals surface area contributed by atoms with Gasteiger partial charge in [0.15, 0.2) is 0 Å². The van der Waals surface area contributed by atoms with E-state index in [2.05, 4.69) is 17.4 Å². The minimum absolute atomic E-state index is 0.0203. The number of hydrogen-bond acceptors (Lipinski definition) is 4. The van der Waals surface area contributed by atoms with Crippen LogP contribution in [0.1, 0.15) is 60.0 Å². The fourth-order valence-electron chi connectivity index (χ4n) is 4.89. The van der Waals surface area contributed by atoms with Crippen molar-refractivity contribution in [3.63, 3.8) is 0 Å². The number of carbonyl (C=O) groups excluding carboxylic acids is 1. The van der Waals surface area contributed by atoms with E-state index in [4.69, 9.17) is 9.26 Å². The second-order valence-electron chi connectivity index (χ2n) is 8.22. The van der Waals surface area contributed by atoms with E-state index in [-0.39, 0.29) is 11.9 Å². The van der Waals surface area contributed by atoms with Gasteiger partial charge in [0.25, 0.3) is 5.91 Å². The molecule has 1 heterocycles. The molecule has 4 rings (SSSR count). The highest BCUT2D eigenvalue weighted by Gasteiger charge is 2.42. The first-order valence-corrected chi connectivity index (χ1v) is 9.96. The molecular weight excluding hydrogens is 340 g/mol. The Morgan fingerprint density at radius 2 is 2.19 bits per heavy atom. The molecule has 1 N–H and O–H groups in total. The number of ether oxygens (including phenoxy) is 1. The van der Waals surface area contributed by atoms with E-state index in [0.29, 0.717) is 23.8 Å². The molecule has 2 fully saturated rings. The fourth-order valence-corrected chi connectivity index (χ4v) is 4.89. The third-order valence-corrected chi connectivity index (χ3v) is 6.45. The molecule has 0 spiro atoms. The number of amides is 1. The smallest absolute Gasteiger partial charge is 0.251 e. The van der Waals surface area contributed by atoms with Gasteiger partial charge >= 0.3 is 0 Å². The van der Waals surface area contributed by atoms with Gasteiger partial charge < -0.3 is 14.6 Å². The summed E-state index contributed by atoms with van der Waals surface area (Å²) in [5.74, 6) is 3.74. The maximum absolute atomic E-state index is 12.7. The molecule has 2 bridgehead atoms. The number of rotatable bonds is 6. The number of benzene rings is 1. The third-order valence-electron chi connectivity index (χ3n) is 6.45. The van der Waals surface area contributed by atoms with E-state index < -0.39 is 0 Å². The average Bonchev–Trinajstić information content (AvgIpc) is 3.37. The molecular formula is C22H28N2O3. The summed E-state index contributed by atoms with van der Waals surface area (Å²) in [6, 6.07) is 7.60. The SMILES string of the molecule is Cc1noc(C)c1COc1cccc(C(=O)N[C@H](C)[C@@H]2C[C@H]3CC[C@H]2C3)c1. The van der Waals surface area contributed by atoms with E-state index in [9.17, 15) is 4.79 Å². The van der Waals surface area contributed by atoms with Gasteiger partial charge in [-0.2, -0.15) is 0 Å². The summed E-state index contributed by atoms with van der Waals surface area (Å²) in [6.45, 7) is 6.31. The second-order valence-corrected chi connectivity index (χ2v) is 8.22. The molecule has 144 valence electrons. The van der Waals surface area contributed by atoms with Crippen LogP contribution in [0, 0.1) is 31.6 Å². The van der Waals surface area contributed by atoms with Crippen molar-refractivity contribution in [3.8, 4) is 5.75 Å². The first-order valence-electron chi connectivity index (χ1n) is 9.96. The summed E-state index contributed by atoms with van der Waals surface area (Å²) in [6.07, 6.45) is 5.34. The van der Waals surface area contributed by atoms with Crippen molar-refractivity contribution in [1.29, 1.82) is 0 Å². The summed E-state index contributed by atoms with van der Waals surface area (Å²) < 4.78 is 11.0. The molecule has 0 radical (unpaired) electrons. The van der Waals surface area contributed by atoms with Gasteiger partial charge in [-0.1, -0.05) is 17.6 Å². The summed E-state index contributed by atoms with van der Waals surface area (Å²) in [4.78, 5) is 12.7. The largest absolute Gasteiger partial charge is 0.489 e. The van der Waals surface area contributed by atoms with Crippen molar-refractivity contribution >= 4 is 5.91 Å². The van der Waals surface area contributed by atoms with Crippen molar-refractivity contribution in [3.05, 3.63) is 46.8 Å². The zero-order valence-electron chi connectivity index (χ0n) is 16.3. The predicted octanol–water partition coefficient (Wildman–Crippen LogP) is 4.42. The highest BCUT2D eigenvalue weighted by Crippen LogP contribution is 2.49. The van der Waals surface area contributed by atoms with Gasteiger partial charge in [-0.15, -0.1) is 0 Å². The van der Waals surface area contributed by atoms with Crippen molar-refractivity contribution in [1.82, 2.24) is 10.5 Å². The highest BCUT2D eigenvalue weighted by atomic mass is 16.5. The maximum atomic E-state index is 12.7. The van der Waals surface area contributed by atoms with Crippen LogP contribution in [0.4, 0.5) is 0 Å². The predicted molar refractivity (Wildman–Crippen MR) is 103 cm³/mol. The molecule has 27 heavy (non-hydrogen) atoms. The zero-order valence-corrected chi connectivity index (χ0v) is 16.3. The lowest BCUT2D eigenvalue weighted by atomic mass is 9.84. The number of fused-ring (bicyclic) bond motifs is 2. The molecule has 2 aliphatic rings. The maximum Gasteiger partial charge on any atom is 0.251 e. The summed E-state index contributed by atoms with van der Waals surface area (Å²) in [5.41, 5.74) is 2.43. The minimum Gasteiger partial charge on any atom is -0.489 e. The van der Waals surface area contributed by atoms with E-state index >= 15 is 0 Å². The molecule has 1 aromatic heterocycles. The molecule has 0 saturated heterocycles. The van der Waals surface area contributed by atoms with E-state index in [1.165, 1.54) is 25.7 Å².